The smallest absolute Gasteiger partial charge is 0.258 e. The Morgan fingerprint density at radius 3 is 2.61 bits per heavy atom. The number of benzene rings is 2. The zero-order chi connectivity index (χ0) is 19.3. The number of nitrogens with two attached hydrogens (primary N) is 1. The summed E-state index contributed by atoms with van der Waals surface area (Å²) in [5, 5.41) is 0. The topological polar surface area (TPSA) is 67.5 Å². The summed E-state index contributed by atoms with van der Waals surface area (Å²) in [5.74, 6) is 1.32. The molecule has 1 fully saturated rings. The van der Waals surface area contributed by atoms with Crippen molar-refractivity contribution in [1.82, 2.24) is 14.9 Å². The Hall–Kier alpha value is -2.86. The molecule has 2 N–H and O–H groups in total. The van der Waals surface area contributed by atoms with Crippen LogP contribution in [0.3, 0.4) is 0 Å². The predicted molar refractivity (Wildman–Crippen MR) is 114 cm³/mol. The van der Waals surface area contributed by atoms with Gasteiger partial charge in [0.05, 0.1) is 11.0 Å². The van der Waals surface area contributed by atoms with E-state index >= 15 is 0 Å². The molecule has 0 saturated carbocycles. The molecule has 0 atom stereocenters. The molecule has 1 aliphatic rings. The van der Waals surface area contributed by atoms with Crippen molar-refractivity contribution < 1.29 is 4.74 Å². The second kappa shape index (κ2) is 8.44. The lowest BCUT2D eigenvalue weighted by Crippen LogP contribution is -2.26. The van der Waals surface area contributed by atoms with E-state index in [-0.39, 0.29) is 0 Å². The van der Waals surface area contributed by atoms with E-state index in [4.69, 9.17) is 20.4 Å². The second-order valence-corrected chi connectivity index (χ2v) is 7.34. The van der Waals surface area contributed by atoms with Gasteiger partial charge in [-0.25, -0.2) is 9.97 Å². The molecule has 6 nitrogen and oxygen atoms in total. The minimum absolute atomic E-state index is 0.579. The zero-order valence-electron chi connectivity index (χ0n) is 16.3. The number of nitrogens with zero attached hydrogens (tertiary/aromatic N) is 4. The Kier molecular flexibility index (Phi) is 5.58. The minimum atomic E-state index is 0.579. The van der Waals surface area contributed by atoms with Gasteiger partial charge in [0.2, 0.25) is 0 Å². The molecule has 1 saturated heterocycles. The van der Waals surface area contributed by atoms with E-state index in [2.05, 4.69) is 21.9 Å². The molecule has 1 aromatic heterocycles. The van der Waals surface area contributed by atoms with Crippen LogP contribution in [0.15, 0.2) is 48.5 Å². The highest BCUT2D eigenvalue weighted by atomic mass is 16.5. The quantitative estimate of drug-likeness (QED) is 0.637. The Morgan fingerprint density at radius 1 is 1.04 bits per heavy atom. The largest absolute Gasteiger partial charge is 0.474 e. The summed E-state index contributed by atoms with van der Waals surface area (Å²) in [7, 11) is 2.02. The first-order chi connectivity index (χ1) is 13.7. The van der Waals surface area contributed by atoms with Gasteiger partial charge in [-0.3, -0.25) is 4.90 Å². The molecule has 2 heterocycles. The normalized spacial score (nSPS) is 14.5. The summed E-state index contributed by atoms with van der Waals surface area (Å²) in [6.45, 7) is 4.58. The summed E-state index contributed by atoms with van der Waals surface area (Å²) < 4.78 is 6.11. The van der Waals surface area contributed by atoms with Gasteiger partial charge in [0, 0.05) is 25.8 Å². The van der Waals surface area contributed by atoms with Crippen LogP contribution in [0.25, 0.3) is 11.0 Å². The third-order valence-corrected chi connectivity index (χ3v) is 5.11. The molecular formula is C22H27N5O. The molecule has 0 radical (unpaired) electrons. The highest BCUT2D eigenvalue weighted by molar-refractivity contribution is 5.80. The fraction of sp³-hybridized carbons (Fsp3) is 0.364. The van der Waals surface area contributed by atoms with Crippen molar-refractivity contribution in [3.63, 3.8) is 0 Å². The molecule has 0 amide bonds. The van der Waals surface area contributed by atoms with Gasteiger partial charge in [-0.05, 0) is 49.7 Å². The molecule has 146 valence electrons. The number of nitrogen functional groups attached to an aromatic ring is 1. The SMILES string of the molecule is CN(Cc1ccccc1)c1nc2cc(N)ccc2nc1OCCN1CCCC1. The molecule has 0 spiro atoms. The third-order valence-electron chi connectivity index (χ3n) is 5.11. The average Bonchev–Trinajstić information content (AvgIpc) is 3.22. The summed E-state index contributed by atoms with van der Waals surface area (Å²) in [6, 6.07) is 15.9. The minimum Gasteiger partial charge on any atom is -0.474 e. The van der Waals surface area contributed by atoms with Crippen LogP contribution in [-0.2, 0) is 6.54 Å². The van der Waals surface area contributed by atoms with E-state index in [0.29, 0.717) is 18.2 Å². The van der Waals surface area contributed by atoms with Gasteiger partial charge in [0.15, 0.2) is 5.82 Å². The van der Waals surface area contributed by atoms with Crippen LogP contribution >= 0.6 is 0 Å². The van der Waals surface area contributed by atoms with Gasteiger partial charge in [-0.15, -0.1) is 0 Å². The maximum atomic E-state index is 6.11. The van der Waals surface area contributed by atoms with Crippen molar-refractivity contribution in [2.75, 3.05) is 43.9 Å². The number of ether oxygens (including phenoxy) is 1. The van der Waals surface area contributed by atoms with Gasteiger partial charge in [0.25, 0.3) is 5.88 Å². The number of hydrogen-bond acceptors (Lipinski definition) is 6. The van der Waals surface area contributed by atoms with Gasteiger partial charge in [-0.1, -0.05) is 30.3 Å². The number of anilines is 2. The number of rotatable bonds is 7. The van der Waals surface area contributed by atoms with E-state index in [1.165, 1.54) is 18.4 Å². The monoisotopic (exact) mass is 377 g/mol. The summed E-state index contributed by atoms with van der Waals surface area (Å²) in [4.78, 5) is 14.1. The van der Waals surface area contributed by atoms with Crippen LogP contribution < -0.4 is 15.4 Å². The molecule has 0 bridgehead atoms. The summed E-state index contributed by atoms with van der Waals surface area (Å²) in [6.07, 6.45) is 2.56. The van der Waals surface area contributed by atoms with E-state index < -0.39 is 0 Å². The molecule has 3 aromatic rings. The summed E-state index contributed by atoms with van der Waals surface area (Å²) in [5.41, 5.74) is 9.41. The maximum Gasteiger partial charge on any atom is 0.258 e. The van der Waals surface area contributed by atoms with Gasteiger partial charge < -0.3 is 15.4 Å². The van der Waals surface area contributed by atoms with Crippen LogP contribution in [0.2, 0.25) is 0 Å². The van der Waals surface area contributed by atoms with Crippen molar-refractivity contribution in [1.29, 1.82) is 0 Å². The molecule has 2 aromatic carbocycles. The van der Waals surface area contributed by atoms with Crippen molar-refractivity contribution in [3.05, 3.63) is 54.1 Å². The van der Waals surface area contributed by atoms with Crippen LogP contribution in [-0.4, -0.2) is 48.2 Å². The number of likely N-dealkylation sites (tertiary alicyclic amines) is 1. The number of fused-ring (bicyclic) bond motifs is 1. The lowest BCUT2D eigenvalue weighted by atomic mass is 10.2. The van der Waals surface area contributed by atoms with Gasteiger partial charge in [-0.2, -0.15) is 0 Å². The molecule has 1 aliphatic heterocycles. The molecule has 28 heavy (non-hydrogen) atoms. The molecule has 4 rings (SSSR count). The molecule has 0 aliphatic carbocycles. The lowest BCUT2D eigenvalue weighted by Gasteiger charge is -2.22. The molecule has 6 heteroatoms. The standard InChI is InChI=1S/C22H27N5O/c1-26(16-17-7-3-2-4-8-17)21-22(28-14-13-27-11-5-6-12-27)25-19-10-9-18(23)15-20(19)24-21/h2-4,7-10,15H,5-6,11-14,16,23H2,1H3. The number of hydrogen-bond donors (Lipinski definition) is 1. The predicted octanol–water partition coefficient (Wildman–Crippen LogP) is 3.32. The van der Waals surface area contributed by atoms with Crippen LogP contribution in [0.1, 0.15) is 18.4 Å². The van der Waals surface area contributed by atoms with Crippen molar-refractivity contribution in [2.24, 2.45) is 0 Å². The Balaban J connectivity index is 1.58. The van der Waals surface area contributed by atoms with E-state index in [1.807, 2.05) is 43.4 Å². The van der Waals surface area contributed by atoms with Gasteiger partial charge >= 0.3 is 0 Å². The highest BCUT2D eigenvalue weighted by Crippen LogP contribution is 2.28. The van der Waals surface area contributed by atoms with Crippen LogP contribution in [0.4, 0.5) is 11.5 Å². The average molecular weight is 377 g/mol. The lowest BCUT2D eigenvalue weighted by molar-refractivity contribution is 0.232. The fourth-order valence-electron chi connectivity index (χ4n) is 3.60. The van der Waals surface area contributed by atoms with Crippen molar-refractivity contribution in [2.45, 2.75) is 19.4 Å². The first-order valence-electron chi connectivity index (χ1n) is 9.86. The Morgan fingerprint density at radius 2 is 1.82 bits per heavy atom. The first-order valence-corrected chi connectivity index (χ1v) is 9.86. The molecular weight excluding hydrogens is 350 g/mol. The van der Waals surface area contributed by atoms with Crippen LogP contribution in [0.5, 0.6) is 5.88 Å². The van der Waals surface area contributed by atoms with Crippen molar-refractivity contribution in [3.8, 4) is 5.88 Å². The maximum absolute atomic E-state index is 6.11. The van der Waals surface area contributed by atoms with Crippen molar-refractivity contribution >= 4 is 22.5 Å². The fourth-order valence-corrected chi connectivity index (χ4v) is 3.60. The number of aromatic nitrogens is 2. The third kappa shape index (κ3) is 4.34. The Bertz CT molecular complexity index is 925. The van der Waals surface area contributed by atoms with Gasteiger partial charge in [0.1, 0.15) is 6.61 Å². The van der Waals surface area contributed by atoms with E-state index in [0.717, 1.165) is 43.0 Å². The van der Waals surface area contributed by atoms with Crippen LogP contribution in [0, 0.1) is 0 Å². The second-order valence-electron chi connectivity index (χ2n) is 7.34. The highest BCUT2D eigenvalue weighted by Gasteiger charge is 2.17. The first kappa shape index (κ1) is 18.5. The van der Waals surface area contributed by atoms with E-state index in [1.54, 1.807) is 0 Å². The van der Waals surface area contributed by atoms with E-state index in [9.17, 15) is 0 Å². The molecule has 0 unspecified atom stereocenters. The zero-order valence-corrected chi connectivity index (χ0v) is 16.3. The Labute approximate surface area is 165 Å². The summed E-state index contributed by atoms with van der Waals surface area (Å²) >= 11 is 0.